The van der Waals surface area contributed by atoms with Gasteiger partial charge in [-0.1, -0.05) is 18.2 Å². The fourth-order valence-electron chi connectivity index (χ4n) is 2.18. The monoisotopic (exact) mass is 384 g/mol. The van der Waals surface area contributed by atoms with Gasteiger partial charge >= 0.3 is 5.97 Å². The first kappa shape index (κ1) is 20.3. The number of non-ortho nitro benzene ring substituents is 1. The number of carbonyl (C=O) groups excluding carboxylic acids is 1. The van der Waals surface area contributed by atoms with Crippen LogP contribution in [0.3, 0.4) is 0 Å². The summed E-state index contributed by atoms with van der Waals surface area (Å²) in [5.74, 6) is -0.306. The van der Waals surface area contributed by atoms with Gasteiger partial charge < -0.3 is 9.47 Å². The molecular formula is C19H16N2O7. The number of carbonyl (C=O) groups is 1. The molecule has 0 saturated carbocycles. The molecule has 28 heavy (non-hydrogen) atoms. The summed E-state index contributed by atoms with van der Waals surface area (Å²) in [6, 6.07) is 10.3. The Morgan fingerprint density at radius 2 is 1.79 bits per heavy atom. The Morgan fingerprint density at radius 3 is 2.46 bits per heavy atom. The number of hydrogen-bond donors (Lipinski definition) is 0. The second-order valence-corrected chi connectivity index (χ2v) is 5.35. The Morgan fingerprint density at radius 1 is 1.04 bits per heavy atom. The second kappa shape index (κ2) is 9.62. The fourth-order valence-corrected chi connectivity index (χ4v) is 2.18. The lowest BCUT2D eigenvalue weighted by Gasteiger charge is -2.10. The standard InChI is InChI=1S/C19H16N2O7/c1-2-27-18-13-15(10-11-20(23)24)6-8-17(18)28-19(22)9-7-14-4-3-5-16(12-14)21(25)26/h3-13H,2H2,1H3/b9-7+,11-10-. The smallest absolute Gasteiger partial charge is 0.336 e. The van der Waals surface area contributed by atoms with E-state index in [1.807, 2.05) is 0 Å². The van der Waals surface area contributed by atoms with Crippen molar-refractivity contribution in [1.82, 2.24) is 0 Å². The highest BCUT2D eigenvalue weighted by Crippen LogP contribution is 2.29. The summed E-state index contributed by atoms with van der Waals surface area (Å²) < 4.78 is 10.6. The van der Waals surface area contributed by atoms with Crippen molar-refractivity contribution in [3.8, 4) is 11.5 Å². The van der Waals surface area contributed by atoms with Crippen LogP contribution in [0.4, 0.5) is 5.69 Å². The fraction of sp³-hybridized carbons (Fsp3) is 0.105. The van der Waals surface area contributed by atoms with E-state index in [9.17, 15) is 25.0 Å². The third-order valence-electron chi connectivity index (χ3n) is 3.36. The molecule has 0 fully saturated rings. The lowest BCUT2D eigenvalue weighted by Crippen LogP contribution is -2.06. The number of nitro benzene ring substituents is 1. The van der Waals surface area contributed by atoms with Crippen LogP contribution in [0.1, 0.15) is 18.1 Å². The Labute approximate surface area is 159 Å². The van der Waals surface area contributed by atoms with Crippen molar-refractivity contribution in [2.45, 2.75) is 6.92 Å². The SMILES string of the molecule is CCOc1cc(/C=C\[N+](=O)[O-])ccc1OC(=O)/C=C/c1cccc([N+](=O)[O-])c1. The molecule has 0 aliphatic heterocycles. The predicted molar refractivity (Wildman–Crippen MR) is 101 cm³/mol. The first-order valence-corrected chi connectivity index (χ1v) is 8.12. The maximum Gasteiger partial charge on any atom is 0.336 e. The summed E-state index contributed by atoms with van der Waals surface area (Å²) in [7, 11) is 0. The zero-order chi connectivity index (χ0) is 20.5. The lowest BCUT2D eigenvalue weighted by atomic mass is 10.2. The van der Waals surface area contributed by atoms with E-state index in [2.05, 4.69) is 0 Å². The molecule has 0 aliphatic rings. The van der Waals surface area contributed by atoms with Gasteiger partial charge in [0.1, 0.15) is 0 Å². The van der Waals surface area contributed by atoms with Crippen LogP contribution in [0.25, 0.3) is 12.2 Å². The molecule has 0 radical (unpaired) electrons. The van der Waals surface area contributed by atoms with Gasteiger partial charge in [-0.15, -0.1) is 0 Å². The van der Waals surface area contributed by atoms with Crippen LogP contribution in [-0.4, -0.2) is 22.4 Å². The van der Waals surface area contributed by atoms with Crippen LogP contribution >= 0.6 is 0 Å². The molecule has 0 heterocycles. The summed E-state index contributed by atoms with van der Waals surface area (Å²) in [6.07, 6.45) is 4.61. The number of rotatable bonds is 8. The molecule has 0 bridgehead atoms. The number of ether oxygens (including phenoxy) is 2. The number of nitrogens with zero attached hydrogens (tertiary/aromatic N) is 2. The van der Waals surface area contributed by atoms with Crippen molar-refractivity contribution in [3.63, 3.8) is 0 Å². The summed E-state index contributed by atoms with van der Waals surface area (Å²) in [6.45, 7) is 2.05. The van der Waals surface area contributed by atoms with Gasteiger partial charge in [-0.2, -0.15) is 0 Å². The minimum Gasteiger partial charge on any atom is -0.490 e. The van der Waals surface area contributed by atoms with Crippen LogP contribution in [0.2, 0.25) is 0 Å². The van der Waals surface area contributed by atoms with Gasteiger partial charge in [-0.05, 0) is 36.3 Å². The van der Waals surface area contributed by atoms with Gasteiger partial charge in [0, 0.05) is 24.3 Å². The van der Waals surface area contributed by atoms with Crippen molar-refractivity contribution in [2.75, 3.05) is 6.61 Å². The zero-order valence-corrected chi connectivity index (χ0v) is 14.8. The Hall–Kier alpha value is -4.01. The molecule has 0 saturated heterocycles. The van der Waals surface area contributed by atoms with Crippen LogP contribution < -0.4 is 9.47 Å². The molecule has 0 unspecified atom stereocenters. The highest BCUT2D eigenvalue weighted by Gasteiger charge is 2.10. The molecular weight excluding hydrogens is 368 g/mol. The van der Waals surface area contributed by atoms with Gasteiger partial charge in [0.2, 0.25) is 6.20 Å². The molecule has 144 valence electrons. The highest BCUT2D eigenvalue weighted by molar-refractivity contribution is 5.89. The third-order valence-corrected chi connectivity index (χ3v) is 3.36. The summed E-state index contributed by atoms with van der Waals surface area (Å²) in [5.41, 5.74) is 0.885. The van der Waals surface area contributed by atoms with Crippen molar-refractivity contribution < 1.29 is 24.1 Å². The summed E-state index contributed by atoms with van der Waals surface area (Å²) in [4.78, 5) is 32.1. The molecule has 2 aromatic rings. The van der Waals surface area contributed by atoms with E-state index in [0.29, 0.717) is 17.7 Å². The number of hydrogen-bond acceptors (Lipinski definition) is 7. The average molecular weight is 384 g/mol. The normalized spacial score (nSPS) is 10.9. The maximum atomic E-state index is 12.1. The van der Waals surface area contributed by atoms with Gasteiger partial charge in [0.15, 0.2) is 11.5 Å². The van der Waals surface area contributed by atoms with Crippen molar-refractivity contribution in [1.29, 1.82) is 0 Å². The minimum absolute atomic E-state index is 0.0903. The van der Waals surface area contributed by atoms with E-state index in [1.165, 1.54) is 48.6 Å². The van der Waals surface area contributed by atoms with Gasteiger partial charge in [0.05, 0.1) is 16.5 Å². The van der Waals surface area contributed by atoms with E-state index in [-0.39, 0.29) is 17.2 Å². The molecule has 2 aromatic carbocycles. The molecule has 0 amide bonds. The first-order valence-electron chi connectivity index (χ1n) is 8.12. The Kier molecular flexibility index (Phi) is 6.98. The molecule has 0 aromatic heterocycles. The topological polar surface area (TPSA) is 122 Å². The number of nitro groups is 2. The minimum atomic E-state index is -0.707. The van der Waals surface area contributed by atoms with Crippen LogP contribution in [0.15, 0.2) is 54.7 Å². The van der Waals surface area contributed by atoms with E-state index in [1.54, 1.807) is 13.0 Å². The van der Waals surface area contributed by atoms with Crippen LogP contribution in [-0.2, 0) is 4.79 Å². The van der Waals surface area contributed by atoms with Crippen molar-refractivity contribution in [2.24, 2.45) is 0 Å². The number of esters is 1. The molecule has 0 atom stereocenters. The van der Waals surface area contributed by atoms with E-state index >= 15 is 0 Å². The quantitative estimate of drug-likeness (QED) is 0.223. The number of benzene rings is 2. The van der Waals surface area contributed by atoms with Crippen molar-refractivity contribution in [3.05, 3.63) is 86.1 Å². The largest absolute Gasteiger partial charge is 0.490 e. The molecule has 9 heteroatoms. The van der Waals surface area contributed by atoms with E-state index in [0.717, 1.165) is 12.3 Å². The molecule has 2 rings (SSSR count). The van der Waals surface area contributed by atoms with Crippen LogP contribution in [0, 0.1) is 20.2 Å². The summed E-state index contributed by atoms with van der Waals surface area (Å²) in [5, 5.41) is 21.2. The third kappa shape index (κ3) is 6.06. The molecule has 9 nitrogen and oxygen atoms in total. The van der Waals surface area contributed by atoms with E-state index in [4.69, 9.17) is 9.47 Å². The highest BCUT2D eigenvalue weighted by atomic mass is 16.6. The van der Waals surface area contributed by atoms with Gasteiger partial charge in [0.25, 0.3) is 5.69 Å². The lowest BCUT2D eigenvalue weighted by molar-refractivity contribution is -0.400. The van der Waals surface area contributed by atoms with Gasteiger partial charge in [-0.25, -0.2) is 4.79 Å². The second-order valence-electron chi connectivity index (χ2n) is 5.35. The predicted octanol–water partition coefficient (Wildman–Crippen LogP) is 3.86. The molecule has 0 spiro atoms. The molecule has 0 N–H and O–H groups in total. The Balaban J connectivity index is 2.15. The van der Waals surface area contributed by atoms with E-state index < -0.39 is 15.8 Å². The first-order chi connectivity index (χ1) is 13.4. The Bertz CT molecular complexity index is 951. The molecule has 0 aliphatic carbocycles. The average Bonchev–Trinajstić information content (AvgIpc) is 2.67. The van der Waals surface area contributed by atoms with Gasteiger partial charge in [-0.3, -0.25) is 20.2 Å². The zero-order valence-electron chi connectivity index (χ0n) is 14.8. The maximum absolute atomic E-state index is 12.1. The van der Waals surface area contributed by atoms with Crippen molar-refractivity contribution >= 4 is 23.8 Å². The van der Waals surface area contributed by atoms with Crippen LogP contribution in [0.5, 0.6) is 11.5 Å². The summed E-state index contributed by atoms with van der Waals surface area (Å²) >= 11 is 0.